The fraction of sp³-hybridized carbons (Fsp3) is 0.118. The van der Waals surface area contributed by atoms with Gasteiger partial charge >= 0.3 is 0 Å². The average Bonchev–Trinajstić information content (AvgIpc) is 2.54. The van der Waals surface area contributed by atoms with E-state index in [4.69, 9.17) is 0 Å². The summed E-state index contributed by atoms with van der Waals surface area (Å²) in [6.07, 6.45) is 3.56. The summed E-state index contributed by atoms with van der Waals surface area (Å²) in [6.45, 7) is 2.58. The van der Waals surface area contributed by atoms with E-state index in [-0.39, 0.29) is 0 Å². The normalized spacial score (nSPS) is 10.2. The zero-order chi connectivity index (χ0) is 15.2. The minimum atomic E-state index is 0.698. The Balaban J connectivity index is 1.72. The standard InChI is InChI=1S/C17H17N5/c1-13-20-16(19-12-14-7-9-18-10-8-14)11-17(21-13)22-15-5-3-2-4-6-15/h2-11H,12H2,1H3,(H2,19,20,21,22). The van der Waals surface area contributed by atoms with Crippen molar-refractivity contribution in [1.82, 2.24) is 15.0 Å². The first-order valence-electron chi connectivity index (χ1n) is 7.10. The molecule has 2 N–H and O–H groups in total. The number of nitrogens with zero attached hydrogens (tertiary/aromatic N) is 3. The van der Waals surface area contributed by atoms with E-state index in [0.29, 0.717) is 6.54 Å². The summed E-state index contributed by atoms with van der Waals surface area (Å²) in [5.41, 5.74) is 2.16. The van der Waals surface area contributed by atoms with E-state index in [1.165, 1.54) is 0 Å². The molecule has 5 nitrogen and oxygen atoms in total. The first-order chi connectivity index (χ1) is 10.8. The van der Waals surface area contributed by atoms with Gasteiger partial charge in [-0.25, -0.2) is 9.97 Å². The molecule has 2 heterocycles. The quantitative estimate of drug-likeness (QED) is 0.753. The number of rotatable bonds is 5. The number of aryl methyl sites for hydroxylation is 1. The number of pyridine rings is 1. The van der Waals surface area contributed by atoms with Crippen molar-refractivity contribution < 1.29 is 0 Å². The van der Waals surface area contributed by atoms with Crippen LogP contribution >= 0.6 is 0 Å². The Bertz CT molecular complexity index is 729. The third-order valence-electron chi connectivity index (χ3n) is 3.11. The molecule has 22 heavy (non-hydrogen) atoms. The van der Waals surface area contributed by atoms with E-state index >= 15 is 0 Å². The minimum absolute atomic E-state index is 0.698. The predicted molar refractivity (Wildman–Crippen MR) is 88.1 cm³/mol. The summed E-state index contributed by atoms with van der Waals surface area (Å²) in [5.74, 6) is 2.29. The topological polar surface area (TPSA) is 62.7 Å². The lowest BCUT2D eigenvalue weighted by Crippen LogP contribution is -2.05. The van der Waals surface area contributed by atoms with Crippen LogP contribution in [0.3, 0.4) is 0 Å². The Kier molecular flexibility index (Phi) is 4.25. The fourth-order valence-corrected chi connectivity index (χ4v) is 2.08. The molecule has 5 heteroatoms. The van der Waals surface area contributed by atoms with Gasteiger partial charge in [-0.2, -0.15) is 0 Å². The second-order valence-electron chi connectivity index (χ2n) is 4.89. The molecule has 0 bridgehead atoms. The summed E-state index contributed by atoms with van der Waals surface area (Å²) in [7, 11) is 0. The summed E-state index contributed by atoms with van der Waals surface area (Å²) in [4.78, 5) is 12.8. The molecule has 0 amide bonds. The van der Waals surface area contributed by atoms with Gasteiger partial charge in [0.1, 0.15) is 17.5 Å². The number of para-hydroxylation sites is 1. The third kappa shape index (κ3) is 3.79. The lowest BCUT2D eigenvalue weighted by molar-refractivity contribution is 1.02. The summed E-state index contributed by atoms with van der Waals surface area (Å²) < 4.78 is 0. The maximum absolute atomic E-state index is 4.41. The smallest absolute Gasteiger partial charge is 0.136 e. The molecule has 0 spiro atoms. The highest BCUT2D eigenvalue weighted by molar-refractivity contribution is 5.59. The fourth-order valence-electron chi connectivity index (χ4n) is 2.08. The molecule has 0 saturated carbocycles. The maximum Gasteiger partial charge on any atom is 0.136 e. The van der Waals surface area contributed by atoms with Crippen molar-refractivity contribution in [3.05, 3.63) is 72.3 Å². The SMILES string of the molecule is Cc1nc(NCc2ccncc2)cc(Nc2ccccc2)n1. The molecule has 0 radical (unpaired) electrons. The van der Waals surface area contributed by atoms with Crippen LogP contribution in [0, 0.1) is 6.92 Å². The number of nitrogens with one attached hydrogen (secondary N) is 2. The lowest BCUT2D eigenvalue weighted by atomic mass is 10.3. The van der Waals surface area contributed by atoms with E-state index in [0.717, 1.165) is 28.7 Å². The van der Waals surface area contributed by atoms with Gasteiger partial charge in [0.2, 0.25) is 0 Å². The molecule has 0 aliphatic rings. The Morgan fingerprint density at radius 3 is 2.41 bits per heavy atom. The lowest BCUT2D eigenvalue weighted by Gasteiger charge is -2.10. The predicted octanol–water partition coefficient (Wildman–Crippen LogP) is 3.54. The van der Waals surface area contributed by atoms with Gasteiger partial charge in [-0.15, -0.1) is 0 Å². The molecule has 0 saturated heterocycles. The molecule has 0 aliphatic carbocycles. The van der Waals surface area contributed by atoms with E-state index in [1.54, 1.807) is 12.4 Å². The molecular formula is C17H17N5. The van der Waals surface area contributed by atoms with Crippen LogP contribution in [0.5, 0.6) is 0 Å². The first kappa shape index (κ1) is 14.0. The molecule has 110 valence electrons. The van der Waals surface area contributed by atoms with Crippen molar-refractivity contribution in [2.45, 2.75) is 13.5 Å². The van der Waals surface area contributed by atoms with E-state index in [9.17, 15) is 0 Å². The molecule has 0 atom stereocenters. The number of benzene rings is 1. The average molecular weight is 291 g/mol. The molecular weight excluding hydrogens is 274 g/mol. The molecule has 3 aromatic rings. The molecule has 0 unspecified atom stereocenters. The summed E-state index contributed by atoms with van der Waals surface area (Å²) >= 11 is 0. The van der Waals surface area contributed by atoms with Gasteiger partial charge in [-0.05, 0) is 36.8 Å². The van der Waals surface area contributed by atoms with Gasteiger partial charge in [-0.1, -0.05) is 18.2 Å². The zero-order valence-electron chi connectivity index (χ0n) is 12.3. The highest BCUT2D eigenvalue weighted by Crippen LogP contribution is 2.17. The van der Waals surface area contributed by atoms with Crippen molar-refractivity contribution in [2.24, 2.45) is 0 Å². The van der Waals surface area contributed by atoms with Gasteiger partial charge < -0.3 is 10.6 Å². The van der Waals surface area contributed by atoms with Crippen molar-refractivity contribution in [2.75, 3.05) is 10.6 Å². The van der Waals surface area contributed by atoms with Gasteiger partial charge in [0.25, 0.3) is 0 Å². The molecule has 1 aromatic carbocycles. The zero-order valence-corrected chi connectivity index (χ0v) is 12.3. The Morgan fingerprint density at radius 2 is 1.64 bits per heavy atom. The second-order valence-corrected chi connectivity index (χ2v) is 4.89. The second kappa shape index (κ2) is 6.67. The van der Waals surface area contributed by atoms with Gasteiger partial charge in [-0.3, -0.25) is 4.98 Å². The minimum Gasteiger partial charge on any atom is -0.366 e. The number of hydrogen-bond acceptors (Lipinski definition) is 5. The van der Waals surface area contributed by atoms with Gasteiger partial charge in [0, 0.05) is 30.7 Å². The largest absolute Gasteiger partial charge is 0.366 e. The first-order valence-corrected chi connectivity index (χ1v) is 7.10. The molecule has 0 fully saturated rings. The Hall–Kier alpha value is -2.95. The van der Waals surface area contributed by atoms with E-state index in [2.05, 4.69) is 25.6 Å². The maximum atomic E-state index is 4.41. The van der Waals surface area contributed by atoms with Crippen LogP contribution in [-0.2, 0) is 6.54 Å². The number of anilines is 3. The Morgan fingerprint density at radius 1 is 0.909 bits per heavy atom. The van der Waals surface area contributed by atoms with Crippen molar-refractivity contribution in [3.63, 3.8) is 0 Å². The summed E-state index contributed by atoms with van der Waals surface area (Å²) in [5, 5.41) is 6.59. The van der Waals surface area contributed by atoms with E-state index < -0.39 is 0 Å². The van der Waals surface area contributed by atoms with Crippen LogP contribution < -0.4 is 10.6 Å². The monoisotopic (exact) mass is 291 g/mol. The van der Waals surface area contributed by atoms with Gasteiger partial charge in [0.05, 0.1) is 0 Å². The highest BCUT2D eigenvalue weighted by atomic mass is 15.1. The van der Waals surface area contributed by atoms with Crippen LogP contribution in [0.15, 0.2) is 60.9 Å². The molecule has 3 rings (SSSR count). The molecule has 0 aliphatic heterocycles. The van der Waals surface area contributed by atoms with Gasteiger partial charge in [0.15, 0.2) is 0 Å². The van der Waals surface area contributed by atoms with Crippen LogP contribution in [0.1, 0.15) is 11.4 Å². The Labute approximate surface area is 129 Å². The van der Waals surface area contributed by atoms with Crippen LogP contribution in [0.4, 0.5) is 17.3 Å². The van der Waals surface area contributed by atoms with Crippen molar-refractivity contribution in [3.8, 4) is 0 Å². The van der Waals surface area contributed by atoms with Crippen molar-refractivity contribution >= 4 is 17.3 Å². The van der Waals surface area contributed by atoms with Crippen LogP contribution in [0.25, 0.3) is 0 Å². The van der Waals surface area contributed by atoms with Crippen LogP contribution in [-0.4, -0.2) is 15.0 Å². The molecule has 2 aromatic heterocycles. The van der Waals surface area contributed by atoms with E-state index in [1.807, 2.05) is 55.5 Å². The van der Waals surface area contributed by atoms with Crippen LogP contribution in [0.2, 0.25) is 0 Å². The highest BCUT2D eigenvalue weighted by Gasteiger charge is 2.02. The third-order valence-corrected chi connectivity index (χ3v) is 3.11. The summed E-state index contributed by atoms with van der Waals surface area (Å²) in [6, 6.07) is 15.8. The number of hydrogen-bond donors (Lipinski definition) is 2. The number of aromatic nitrogens is 3. The van der Waals surface area contributed by atoms with Crippen molar-refractivity contribution in [1.29, 1.82) is 0 Å².